The van der Waals surface area contributed by atoms with E-state index in [1.165, 1.54) is 0 Å². The zero-order chi connectivity index (χ0) is 94.2. The molecule has 0 fully saturated rings. The third-order valence-electron chi connectivity index (χ3n) is 28.7. The van der Waals surface area contributed by atoms with Gasteiger partial charge in [-0.3, -0.25) is 0 Å². The fourth-order valence-electron chi connectivity index (χ4n) is 22.3. The van der Waals surface area contributed by atoms with Crippen molar-refractivity contribution in [3.8, 4) is 46.0 Å². The zero-order valence-electron chi connectivity index (χ0n) is 78.8. The number of hydrogen-bond donors (Lipinski definition) is 8. The first-order valence-electron chi connectivity index (χ1n) is 49.4. The van der Waals surface area contributed by atoms with Crippen molar-refractivity contribution in [1.29, 1.82) is 0 Å². The van der Waals surface area contributed by atoms with Crippen molar-refractivity contribution in [1.82, 2.24) is 0 Å². The summed E-state index contributed by atoms with van der Waals surface area (Å²) >= 11 is 0. The van der Waals surface area contributed by atoms with E-state index in [1.54, 1.807) is 0 Å². The van der Waals surface area contributed by atoms with E-state index < -0.39 is 52.7 Å². The summed E-state index contributed by atoms with van der Waals surface area (Å²) in [5.74, 6) is -5.17. The molecule has 17 rings (SSSR count). The van der Waals surface area contributed by atoms with E-state index in [-0.39, 0.29) is 46.0 Å². The lowest BCUT2D eigenvalue weighted by atomic mass is 9.76. The van der Waals surface area contributed by atoms with Crippen LogP contribution in [0.2, 0.25) is 0 Å². The Labute approximate surface area is 807 Å². The molecule has 0 heterocycles. The molecule has 16 aromatic carbocycles. The second-order valence-corrected chi connectivity index (χ2v) is 50.1. The minimum absolute atomic E-state index is 0.154. The maximum atomic E-state index is 15.7. The minimum atomic E-state index is -3.68. The average molecular weight is 1870 g/mol. The van der Waals surface area contributed by atoms with Gasteiger partial charge < -0.3 is 40.9 Å². The Balaban J connectivity index is 1.19. The van der Waals surface area contributed by atoms with Gasteiger partial charge in [0.1, 0.15) is 63.7 Å². The molecule has 0 saturated heterocycles. The molecule has 0 atom stereocenters. The minimum Gasteiger partial charge on any atom is -0.504 e. The van der Waals surface area contributed by atoms with Gasteiger partial charge in [-0.1, -0.05) is 349 Å². The second-order valence-electron chi connectivity index (χ2n) is 36.7. The molecule has 8 N–H and O–H groups in total. The standard InChI is InChI=1S/C124H124O8P4/c1-5-9-13-53-81-101-105-85-107(115(127)121(113(105)125)133(89-57-29-17-30-58-89,90-59-31-18-32-60-90)91-61-33-19-34-62-91)102(82-54-14-10-6-2)109-87-111(119(131)123(117(109)129)135(95-69-41-23-42-70-95,96-71-43-24-44-72-96)97-73-45-25-46-74-97)104(84-56-16-12-8-4)112-88-110(118(130)124(120(112)132)136(98-75-47-26-48-76-98,99-77-49-27-50-78-99)100-79-51-28-52-80-100)103(83-55-15-11-7-3)108-86-106(101)114(126)122(116(108)128)134(92-63-35-20-36-64-92,93-65-37-21-38-66-93)94-67-39-22-40-68-94/h17-52,57-80,85-88,101-104H,5-16,53-56,81-84H2,1-4H3,(H4-4,125,126,127,128,129,130,131,132)/p+4. The molecule has 0 amide bonds. The van der Waals surface area contributed by atoms with Crippen molar-refractivity contribution in [2.75, 3.05) is 0 Å². The lowest BCUT2D eigenvalue weighted by Crippen LogP contribution is -2.40. The molecule has 0 unspecified atom stereocenters. The third kappa shape index (κ3) is 17.8. The molecular formula is C124H128O8P4+4. The summed E-state index contributed by atoms with van der Waals surface area (Å²) in [6.45, 7) is 8.83. The number of benzene rings is 16. The predicted molar refractivity (Wildman–Crippen MR) is 581 cm³/mol. The highest BCUT2D eigenvalue weighted by Crippen LogP contribution is 2.68. The first-order chi connectivity index (χ1) is 66.8. The van der Waals surface area contributed by atoms with Crippen LogP contribution in [0, 0.1) is 0 Å². The van der Waals surface area contributed by atoms with Gasteiger partial charge >= 0.3 is 0 Å². The largest absolute Gasteiger partial charge is 0.504 e. The summed E-state index contributed by atoms with van der Waals surface area (Å²) in [5.41, 5.74) is 3.48. The normalized spacial score (nSPS) is 14.6. The lowest BCUT2D eigenvalue weighted by Gasteiger charge is -2.36. The van der Waals surface area contributed by atoms with E-state index in [0.29, 0.717) is 117 Å². The van der Waals surface area contributed by atoms with Crippen LogP contribution in [0.4, 0.5) is 0 Å². The molecule has 0 spiro atoms. The van der Waals surface area contributed by atoms with Crippen LogP contribution >= 0.6 is 29.0 Å². The summed E-state index contributed by atoms with van der Waals surface area (Å²) < 4.78 is 0. The van der Waals surface area contributed by atoms with Crippen LogP contribution in [0.15, 0.2) is 388 Å². The Morgan fingerprint density at radius 2 is 0.265 bits per heavy atom. The van der Waals surface area contributed by atoms with Gasteiger partial charge in [0.25, 0.3) is 0 Å². The van der Waals surface area contributed by atoms with Crippen molar-refractivity contribution in [3.05, 3.63) is 433 Å². The summed E-state index contributed by atoms with van der Waals surface area (Å²) in [6, 6.07) is 133. The van der Waals surface area contributed by atoms with Gasteiger partial charge in [0.2, 0.25) is 0 Å². The molecule has 16 aromatic rings. The third-order valence-corrected chi connectivity index (χ3v) is 45.9. The Morgan fingerprint density at radius 3 is 0.368 bits per heavy atom. The quantitative estimate of drug-likeness (QED) is 0.0142. The van der Waals surface area contributed by atoms with Crippen molar-refractivity contribution in [3.63, 3.8) is 0 Å². The Morgan fingerprint density at radius 1 is 0.154 bits per heavy atom. The van der Waals surface area contributed by atoms with Gasteiger partial charge in [-0.15, -0.1) is 0 Å². The van der Waals surface area contributed by atoms with Crippen LogP contribution in [0.3, 0.4) is 0 Å². The zero-order valence-corrected chi connectivity index (χ0v) is 82.3. The molecule has 1 aliphatic carbocycles. The molecule has 0 radical (unpaired) electrons. The number of hydrogen-bond acceptors (Lipinski definition) is 8. The maximum absolute atomic E-state index is 15.7. The van der Waals surface area contributed by atoms with Gasteiger partial charge in [-0.05, 0) is 196 Å². The van der Waals surface area contributed by atoms with Crippen LogP contribution in [0.1, 0.15) is 224 Å². The number of aromatic hydroxyl groups is 8. The van der Waals surface area contributed by atoms with Gasteiger partial charge in [0.05, 0.1) is 0 Å². The van der Waals surface area contributed by atoms with Crippen LogP contribution in [0.5, 0.6) is 46.0 Å². The van der Waals surface area contributed by atoms with Gasteiger partial charge in [0, 0.05) is 68.2 Å². The van der Waals surface area contributed by atoms with E-state index in [1.807, 2.05) is 243 Å². The van der Waals surface area contributed by atoms with Gasteiger partial charge in [-0.25, -0.2) is 0 Å². The molecule has 0 aliphatic heterocycles. The SMILES string of the molecule is CCCCCCC1c2cc(c(O)c([P+](c3ccccc3)(c3ccccc3)c3ccccc3)c2O)C(CCCCCC)c2cc(c(O)c([P+](c3ccccc3)(c3ccccc3)c3ccccc3)c2O)C(CCCCCC)c2cc(c(O)c([P+](c3ccccc3)(c3ccccc3)c3ccccc3)c2O)C(CCCCCC)c2cc1c(O)c([P+](c1ccccc1)(c1ccccc1)c1ccccc1)c2O. The molecule has 136 heavy (non-hydrogen) atoms. The summed E-state index contributed by atoms with van der Waals surface area (Å²) in [6.07, 6.45) is 14.0. The Bertz CT molecular complexity index is 5320. The average Bonchev–Trinajstić information content (AvgIpc) is 0.694. The van der Waals surface area contributed by atoms with E-state index >= 15 is 40.9 Å². The van der Waals surface area contributed by atoms with Crippen molar-refractivity contribution in [2.45, 2.75) is 180 Å². The van der Waals surface area contributed by atoms with Crippen molar-refractivity contribution in [2.24, 2.45) is 0 Å². The van der Waals surface area contributed by atoms with E-state index in [4.69, 9.17) is 0 Å². The molecule has 688 valence electrons. The van der Waals surface area contributed by atoms with Crippen LogP contribution in [-0.2, 0) is 0 Å². The fourth-order valence-corrected chi connectivity index (χ4v) is 40.0. The highest BCUT2D eigenvalue weighted by atomic mass is 31.2. The Hall–Kier alpha value is -12.4. The first-order valence-corrected chi connectivity index (χ1v) is 56.5. The summed E-state index contributed by atoms with van der Waals surface area (Å²) in [5, 5.41) is 137. The number of fused-ring (bicyclic) bond motifs is 8. The van der Waals surface area contributed by atoms with Crippen LogP contribution in [-0.4, -0.2) is 40.9 Å². The van der Waals surface area contributed by atoms with Crippen molar-refractivity contribution < 1.29 is 40.9 Å². The highest BCUT2D eigenvalue weighted by molar-refractivity contribution is 8.03. The molecule has 12 heteroatoms. The van der Waals surface area contributed by atoms with Crippen LogP contribution < -0.4 is 84.9 Å². The smallest absolute Gasteiger partial charge is 0.193 e. The molecule has 8 bridgehead atoms. The predicted octanol–water partition coefficient (Wildman–Crippen LogP) is 24.5. The highest BCUT2D eigenvalue weighted by Gasteiger charge is 2.60. The maximum Gasteiger partial charge on any atom is 0.193 e. The topological polar surface area (TPSA) is 162 Å². The van der Waals surface area contributed by atoms with E-state index in [9.17, 15) is 0 Å². The van der Waals surface area contributed by atoms with E-state index in [2.05, 4.69) is 173 Å². The van der Waals surface area contributed by atoms with Crippen LogP contribution in [0.25, 0.3) is 0 Å². The number of unbranched alkanes of at least 4 members (excludes halogenated alkanes) is 12. The monoisotopic (exact) mass is 1870 g/mol. The fraction of sp³-hybridized carbons (Fsp3) is 0.226. The number of rotatable bonds is 36. The Kier molecular flexibility index (Phi) is 30.7. The molecule has 0 saturated carbocycles. The molecule has 1 aliphatic rings. The molecule has 8 nitrogen and oxygen atoms in total. The number of phenolic OH excluding ortho intramolecular Hbond substituents is 8. The van der Waals surface area contributed by atoms with Crippen molar-refractivity contribution >= 4 is 114 Å². The molecular weight excluding hydrogens is 1740 g/mol. The first kappa shape index (κ1) is 95.4. The number of phenols is 8. The summed E-state index contributed by atoms with van der Waals surface area (Å²) in [4.78, 5) is 0. The molecule has 0 aromatic heterocycles. The van der Waals surface area contributed by atoms with Gasteiger partial charge in [0.15, 0.2) is 96.3 Å². The lowest BCUT2D eigenvalue weighted by molar-refractivity contribution is 0.426. The van der Waals surface area contributed by atoms with E-state index in [0.717, 1.165) is 141 Å². The second kappa shape index (κ2) is 43.8. The summed E-state index contributed by atoms with van der Waals surface area (Å²) in [7, 11) is -14.7. The van der Waals surface area contributed by atoms with Gasteiger partial charge in [-0.2, -0.15) is 0 Å².